The SMILES string of the molecule is CC1CN(c2cc(Nc3ccc(Oc4ccc5[nH]ncc5c4)c(F)c3)nc(N)n2)CC(C)N1. The minimum Gasteiger partial charge on any atom is -0.454 e. The van der Waals surface area contributed by atoms with Crippen LogP contribution >= 0.6 is 0 Å². The molecule has 10 heteroatoms. The second-order valence-corrected chi connectivity index (χ2v) is 8.33. The van der Waals surface area contributed by atoms with E-state index in [0.29, 0.717) is 29.3 Å². The van der Waals surface area contributed by atoms with Gasteiger partial charge in [-0.05, 0) is 44.2 Å². The molecule has 0 radical (unpaired) electrons. The van der Waals surface area contributed by atoms with E-state index < -0.39 is 5.82 Å². The Bertz CT molecular complexity index is 1280. The van der Waals surface area contributed by atoms with Crippen LogP contribution in [0.5, 0.6) is 11.5 Å². The Balaban J connectivity index is 1.33. The molecular formula is C23H25FN8O. The third-order valence-electron chi connectivity index (χ3n) is 5.46. The van der Waals surface area contributed by atoms with E-state index in [1.807, 2.05) is 12.1 Å². The van der Waals surface area contributed by atoms with Gasteiger partial charge in [0.25, 0.3) is 0 Å². The van der Waals surface area contributed by atoms with Gasteiger partial charge >= 0.3 is 0 Å². The Kier molecular flexibility index (Phi) is 5.43. The average Bonchev–Trinajstić information content (AvgIpc) is 3.22. The predicted molar refractivity (Wildman–Crippen MR) is 127 cm³/mol. The number of ether oxygens (including phenoxy) is 1. The maximum absolute atomic E-state index is 14.8. The van der Waals surface area contributed by atoms with Gasteiger partial charge in [-0.25, -0.2) is 4.39 Å². The van der Waals surface area contributed by atoms with Crippen molar-refractivity contribution in [2.75, 3.05) is 29.0 Å². The Morgan fingerprint density at radius 2 is 1.91 bits per heavy atom. The smallest absolute Gasteiger partial charge is 0.223 e. The number of aromatic nitrogens is 4. The molecule has 9 nitrogen and oxygen atoms in total. The Hall–Kier alpha value is -3.92. The van der Waals surface area contributed by atoms with Crippen molar-refractivity contribution in [3.63, 3.8) is 0 Å². The first-order valence-electron chi connectivity index (χ1n) is 10.8. The van der Waals surface area contributed by atoms with E-state index in [0.717, 1.165) is 29.8 Å². The molecule has 1 saturated heterocycles. The monoisotopic (exact) mass is 448 g/mol. The number of halogens is 1. The molecule has 3 heterocycles. The minimum absolute atomic E-state index is 0.120. The molecule has 170 valence electrons. The van der Waals surface area contributed by atoms with Crippen LogP contribution in [0, 0.1) is 5.82 Å². The van der Waals surface area contributed by atoms with E-state index in [4.69, 9.17) is 10.5 Å². The summed E-state index contributed by atoms with van der Waals surface area (Å²) in [5, 5.41) is 14.3. The first-order chi connectivity index (χ1) is 15.9. The van der Waals surface area contributed by atoms with E-state index in [1.54, 1.807) is 30.5 Å². The number of hydrogen-bond acceptors (Lipinski definition) is 8. The number of nitrogen functional groups attached to an aromatic ring is 1. The molecule has 5 rings (SSSR count). The molecule has 5 N–H and O–H groups in total. The summed E-state index contributed by atoms with van der Waals surface area (Å²) in [4.78, 5) is 10.8. The number of nitrogens with one attached hydrogen (secondary N) is 3. The lowest BCUT2D eigenvalue weighted by Crippen LogP contribution is -2.54. The molecule has 0 amide bonds. The summed E-state index contributed by atoms with van der Waals surface area (Å²) >= 11 is 0. The highest BCUT2D eigenvalue weighted by Gasteiger charge is 2.22. The number of piperazine rings is 1. The van der Waals surface area contributed by atoms with Crippen LogP contribution in [0.1, 0.15) is 13.8 Å². The molecule has 2 aromatic heterocycles. The zero-order chi connectivity index (χ0) is 22.9. The summed E-state index contributed by atoms with van der Waals surface area (Å²) in [6.07, 6.45) is 1.69. The largest absolute Gasteiger partial charge is 0.454 e. The Morgan fingerprint density at radius 3 is 2.70 bits per heavy atom. The zero-order valence-corrected chi connectivity index (χ0v) is 18.3. The maximum Gasteiger partial charge on any atom is 0.223 e. The van der Waals surface area contributed by atoms with E-state index >= 15 is 0 Å². The maximum atomic E-state index is 14.8. The van der Waals surface area contributed by atoms with Crippen molar-refractivity contribution in [3.05, 3.63) is 54.5 Å². The van der Waals surface area contributed by atoms with Crippen LogP contribution in [0.3, 0.4) is 0 Å². The van der Waals surface area contributed by atoms with Gasteiger partial charge in [-0.2, -0.15) is 15.1 Å². The van der Waals surface area contributed by atoms with Crippen LogP contribution < -0.4 is 26.0 Å². The van der Waals surface area contributed by atoms with E-state index in [-0.39, 0.29) is 11.7 Å². The fourth-order valence-electron chi connectivity index (χ4n) is 4.11. The lowest BCUT2D eigenvalue weighted by molar-refractivity contribution is 0.405. The molecular weight excluding hydrogens is 423 g/mol. The van der Waals surface area contributed by atoms with Crippen molar-refractivity contribution in [1.29, 1.82) is 0 Å². The number of hydrogen-bond donors (Lipinski definition) is 4. The highest BCUT2D eigenvalue weighted by Crippen LogP contribution is 2.30. The van der Waals surface area contributed by atoms with Gasteiger partial charge in [0.05, 0.1) is 11.7 Å². The lowest BCUT2D eigenvalue weighted by Gasteiger charge is -2.37. The average molecular weight is 449 g/mol. The second kappa shape index (κ2) is 8.55. The summed E-state index contributed by atoms with van der Waals surface area (Å²) in [6.45, 7) is 5.88. The zero-order valence-electron chi connectivity index (χ0n) is 18.3. The second-order valence-electron chi connectivity index (χ2n) is 8.33. The van der Waals surface area contributed by atoms with Crippen LogP contribution in [0.25, 0.3) is 10.9 Å². The van der Waals surface area contributed by atoms with Gasteiger partial charge in [-0.1, -0.05) is 0 Å². The highest BCUT2D eigenvalue weighted by atomic mass is 19.1. The molecule has 4 aromatic rings. The molecule has 2 aromatic carbocycles. The molecule has 33 heavy (non-hydrogen) atoms. The van der Waals surface area contributed by atoms with Gasteiger partial charge in [0, 0.05) is 48.4 Å². The number of benzene rings is 2. The van der Waals surface area contributed by atoms with Gasteiger partial charge in [0.15, 0.2) is 11.6 Å². The number of aromatic amines is 1. The van der Waals surface area contributed by atoms with E-state index in [2.05, 4.69) is 49.5 Å². The molecule has 2 unspecified atom stereocenters. The lowest BCUT2D eigenvalue weighted by atomic mass is 10.1. The molecule has 1 aliphatic heterocycles. The normalized spacial score (nSPS) is 18.5. The van der Waals surface area contributed by atoms with Crippen molar-refractivity contribution in [2.45, 2.75) is 25.9 Å². The molecule has 0 bridgehead atoms. The number of nitrogens with zero attached hydrogens (tertiary/aromatic N) is 4. The van der Waals surface area contributed by atoms with Crippen molar-refractivity contribution < 1.29 is 9.13 Å². The van der Waals surface area contributed by atoms with Crippen molar-refractivity contribution in [3.8, 4) is 11.5 Å². The molecule has 0 spiro atoms. The van der Waals surface area contributed by atoms with Crippen LogP contribution in [0.2, 0.25) is 0 Å². The third-order valence-corrected chi connectivity index (χ3v) is 5.46. The number of anilines is 4. The van der Waals surface area contributed by atoms with Crippen molar-refractivity contribution in [2.24, 2.45) is 0 Å². The number of nitrogens with two attached hydrogens (primary N) is 1. The molecule has 0 aliphatic carbocycles. The number of H-pyrrole nitrogens is 1. The first kappa shape index (κ1) is 21.0. The van der Waals surface area contributed by atoms with Gasteiger partial charge in [-0.15, -0.1) is 0 Å². The highest BCUT2D eigenvalue weighted by molar-refractivity contribution is 5.79. The van der Waals surface area contributed by atoms with Gasteiger partial charge in [0.1, 0.15) is 17.4 Å². The Morgan fingerprint density at radius 1 is 1.09 bits per heavy atom. The van der Waals surface area contributed by atoms with Gasteiger partial charge in [0.2, 0.25) is 5.95 Å². The third kappa shape index (κ3) is 4.65. The molecule has 1 fully saturated rings. The summed E-state index contributed by atoms with van der Waals surface area (Å²) in [7, 11) is 0. The van der Waals surface area contributed by atoms with Crippen LogP contribution in [-0.4, -0.2) is 45.3 Å². The Labute approximate surface area is 190 Å². The minimum atomic E-state index is -0.501. The van der Waals surface area contributed by atoms with Crippen LogP contribution in [-0.2, 0) is 0 Å². The van der Waals surface area contributed by atoms with E-state index in [9.17, 15) is 4.39 Å². The summed E-state index contributed by atoms with van der Waals surface area (Å²) in [6, 6.07) is 12.5. The van der Waals surface area contributed by atoms with Crippen molar-refractivity contribution in [1.82, 2.24) is 25.5 Å². The number of fused-ring (bicyclic) bond motifs is 1. The van der Waals surface area contributed by atoms with Gasteiger partial charge < -0.3 is 26.0 Å². The molecule has 2 atom stereocenters. The standard InChI is InChI=1S/C23H25FN8O/c1-13-11-32(12-14(2)27-13)22-9-21(29-23(25)30-22)28-16-3-6-20(18(24)8-16)33-17-4-5-19-15(7-17)10-26-31-19/h3-10,13-14,27H,11-12H2,1-2H3,(H,26,31)(H3,25,28,29,30). The topological polar surface area (TPSA) is 117 Å². The predicted octanol–water partition coefficient (Wildman–Crippen LogP) is 3.80. The quantitative estimate of drug-likeness (QED) is 0.364. The summed E-state index contributed by atoms with van der Waals surface area (Å²) < 4.78 is 20.5. The number of rotatable bonds is 5. The van der Waals surface area contributed by atoms with Crippen LogP contribution in [0.15, 0.2) is 48.7 Å². The van der Waals surface area contributed by atoms with E-state index in [1.165, 1.54) is 6.07 Å². The molecule has 0 saturated carbocycles. The van der Waals surface area contributed by atoms with Crippen LogP contribution in [0.4, 0.5) is 27.7 Å². The summed E-state index contributed by atoms with van der Waals surface area (Å²) in [5.74, 6) is 1.53. The molecule has 1 aliphatic rings. The van der Waals surface area contributed by atoms with Gasteiger partial charge in [-0.3, -0.25) is 5.10 Å². The summed E-state index contributed by atoms with van der Waals surface area (Å²) in [5.41, 5.74) is 7.36. The fourth-order valence-corrected chi connectivity index (χ4v) is 4.11. The van der Waals surface area contributed by atoms with Crippen molar-refractivity contribution >= 4 is 34.2 Å². The first-order valence-corrected chi connectivity index (χ1v) is 10.8. The fraction of sp³-hybridized carbons (Fsp3) is 0.261.